The molecular weight excluding hydrogens is 380 g/mol. The van der Waals surface area contributed by atoms with Crippen LogP contribution in [-0.2, 0) is 0 Å². The number of hydrogen-bond donors (Lipinski definition) is 1. The molecule has 182 valence electrons. The van der Waals surface area contributed by atoms with E-state index in [1.165, 1.54) is 116 Å². The van der Waals surface area contributed by atoms with Crippen molar-refractivity contribution in [2.75, 3.05) is 26.2 Å². The summed E-state index contributed by atoms with van der Waals surface area (Å²) in [4.78, 5) is 4.73. The highest BCUT2D eigenvalue weighted by atomic mass is 16.3. The minimum absolute atomic E-state index is 0.283. The third-order valence-corrected chi connectivity index (χ3v) is 7.35. The van der Waals surface area contributed by atoms with E-state index in [-0.39, 0.29) is 6.61 Å². The van der Waals surface area contributed by atoms with E-state index in [9.17, 15) is 5.11 Å². The van der Waals surface area contributed by atoms with Crippen molar-refractivity contribution >= 4 is 6.21 Å². The molecule has 0 aromatic rings. The quantitative estimate of drug-likeness (QED) is 0.105. The van der Waals surface area contributed by atoms with Crippen LogP contribution in [-0.4, -0.2) is 48.2 Å². The van der Waals surface area contributed by atoms with E-state index in [0.717, 1.165) is 24.1 Å². The summed E-state index contributed by atoms with van der Waals surface area (Å²) >= 11 is 0. The average Bonchev–Trinajstić information content (AvgIpc) is 3.18. The lowest BCUT2D eigenvalue weighted by Crippen LogP contribution is -2.53. The van der Waals surface area contributed by atoms with Crippen LogP contribution in [0.5, 0.6) is 0 Å². The fourth-order valence-corrected chi connectivity index (χ4v) is 5.11. The normalized spacial score (nSPS) is 20.9. The summed E-state index contributed by atoms with van der Waals surface area (Å²) in [6, 6.07) is 0. The first-order valence-corrected chi connectivity index (χ1v) is 13.9. The highest BCUT2D eigenvalue weighted by molar-refractivity contribution is 5.60. The first-order valence-electron chi connectivity index (χ1n) is 13.9. The molecule has 3 nitrogen and oxygen atoms in total. The second-order valence-corrected chi connectivity index (χ2v) is 9.78. The summed E-state index contributed by atoms with van der Waals surface area (Å²) in [6.45, 7) is 7.60. The van der Waals surface area contributed by atoms with Crippen LogP contribution < -0.4 is 0 Å². The van der Waals surface area contributed by atoms with E-state index in [4.69, 9.17) is 4.99 Å². The minimum Gasteiger partial charge on any atom is -0.391 e. The van der Waals surface area contributed by atoms with Crippen LogP contribution in [0.25, 0.3) is 0 Å². The fourth-order valence-electron chi connectivity index (χ4n) is 5.11. The summed E-state index contributed by atoms with van der Waals surface area (Å²) < 4.78 is 0.980. The number of aliphatic hydroxyl groups is 1. The monoisotopic (exact) mass is 435 g/mol. The molecule has 0 aromatic heterocycles. The van der Waals surface area contributed by atoms with Gasteiger partial charge in [0.15, 0.2) is 6.17 Å². The second-order valence-electron chi connectivity index (χ2n) is 9.78. The van der Waals surface area contributed by atoms with Crippen molar-refractivity contribution < 1.29 is 9.59 Å². The molecule has 0 bridgehead atoms. The number of unbranched alkanes of at least 4 members (excludes halogenated alkanes) is 16. The molecule has 31 heavy (non-hydrogen) atoms. The van der Waals surface area contributed by atoms with Crippen LogP contribution in [0, 0.1) is 0 Å². The number of aliphatic imine (C=N–C) groups is 1. The first kappa shape index (κ1) is 28.4. The summed E-state index contributed by atoms with van der Waals surface area (Å²) in [5.41, 5.74) is 0. The molecule has 2 atom stereocenters. The molecule has 0 amide bonds. The zero-order valence-corrected chi connectivity index (χ0v) is 21.2. The highest BCUT2D eigenvalue weighted by Crippen LogP contribution is 2.24. The Labute approximate surface area is 195 Å². The molecule has 0 saturated carbocycles. The summed E-state index contributed by atoms with van der Waals surface area (Å²) in [6.07, 6.45) is 32.1. The Balaban J connectivity index is 1.80. The molecule has 1 aliphatic rings. The van der Waals surface area contributed by atoms with Crippen LogP contribution in [0.1, 0.15) is 129 Å². The maximum Gasteiger partial charge on any atom is 0.182 e. The highest BCUT2D eigenvalue weighted by Gasteiger charge is 2.36. The third-order valence-electron chi connectivity index (χ3n) is 7.35. The molecular formula is C28H55N2O+. The molecule has 0 saturated heterocycles. The van der Waals surface area contributed by atoms with Gasteiger partial charge in [-0.3, -0.25) is 4.48 Å². The van der Waals surface area contributed by atoms with Gasteiger partial charge in [0.1, 0.15) is 13.1 Å². The number of aliphatic hydroxyl groups excluding tert-OH is 1. The Morgan fingerprint density at radius 3 is 1.74 bits per heavy atom. The number of allylic oxidation sites excluding steroid dienone is 2. The van der Waals surface area contributed by atoms with Crippen LogP contribution in [0.2, 0.25) is 0 Å². The van der Waals surface area contributed by atoms with Gasteiger partial charge in [-0.2, -0.15) is 0 Å². The van der Waals surface area contributed by atoms with E-state index in [2.05, 4.69) is 32.2 Å². The predicted octanol–water partition coefficient (Wildman–Crippen LogP) is 7.82. The molecule has 0 aliphatic carbocycles. The van der Waals surface area contributed by atoms with E-state index < -0.39 is 0 Å². The third kappa shape index (κ3) is 13.5. The van der Waals surface area contributed by atoms with E-state index in [1.54, 1.807) is 0 Å². The lowest BCUT2D eigenvalue weighted by molar-refractivity contribution is -0.936. The van der Waals surface area contributed by atoms with Crippen molar-refractivity contribution in [3.05, 3.63) is 12.2 Å². The van der Waals surface area contributed by atoms with Crippen molar-refractivity contribution in [1.82, 2.24) is 0 Å². The molecule has 2 unspecified atom stereocenters. The molecule has 0 radical (unpaired) electrons. The molecule has 1 aliphatic heterocycles. The molecule has 1 rings (SSSR count). The fraction of sp³-hybridized carbons (Fsp3) is 0.893. The van der Waals surface area contributed by atoms with Crippen LogP contribution in [0.15, 0.2) is 17.1 Å². The summed E-state index contributed by atoms with van der Waals surface area (Å²) in [5, 5.41) is 9.40. The molecule has 0 aromatic carbocycles. The van der Waals surface area contributed by atoms with E-state index in [0.29, 0.717) is 6.17 Å². The zero-order valence-electron chi connectivity index (χ0n) is 21.2. The predicted molar refractivity (Wildman–Crippen MR) is 138 cm³/mol. The van der Waals surface area contributed by atoms with Gasteiger partial charge in [-0.25, -0.2) is 4.99 Å². The number of nitrogens with zero attached hydrogens (tertiary/aromatic N) is 2. The van der Waals surface area contributed by atoms with Gasteiger partial charge in [-0.1, -0.05) is 102 Å². The van der Waals surface area contributed by atoms with Gasteiger partial charge in [0.25, 0.3) is 0 Å². The maximum absolute atomic E-state index is 9.40. The smallest absolute Gasteiger partial charge is 0.182 e. The molecule has 1 N–H and O–H groups in total. The van der Waals surface area contributed by atoms with Crippen molar-refractivity contribution in [3.8, 4) is 0 Å². The van der Waals surface area contributed by atoms with Crippen molar-refractivity contribution in [1.29, 1.82) is 0 Å². The van der Waals surface area contributed by atoms with Crippen molar-refractivity contribution in [2.24, 2.45) is 4.99 Å². The molecule has 0 fully saturated rings. The van der Waals surface area contributed by atoms with Gasteiger partial charge in [0.2, 0.25) is 0 Å². The number of rotatable bonds is 22. The van der Waals surface area contributed by atoms with Crippen LogP contribution in [0.3, 0.4) is 0 Å². The lowest BCUT2D eigenvalue weighted by atomic mass is 10.0. The van der Waals surface area contributed by atoms with Gasteiger partial charge in [-0.15, -0.1) is 0 Å². The molecule has 0 spiro atoms. The Hall–Kier alpha value is -0.670. The van der Waals surface area contributed by atoms with Gasteiger partial charge >= 0.3 is 0 Å². The van der Waals surface area contributed by atoms with Crippen molar-refractivity contribution in [2.45, 2.75) is 136 Å². The van der Waals surface area contributed by atoms with Crippen LogP contribution in [0.4, 0.5) is 0 Å². The molecule has 1 heterocycles. The van der Waals surface area contributed by atoms with Gasteiger partial charge in [0, 0.05) is 6.42 Å². The number of quaternary nitrogens is 1. The lowest BCUT2D eigenvalue weighted by Gasteiger charge is -2.37. The Morgan fingerprint density at radius 1 is 0.806 bits per heavy atom. The largest absolute Gasteiger partial charge is 0.391 e. The van der Waals surface area contributed by atoms with Gasteiger partial charge < -0.3 is 5.11 Å². The number of likely N-dealkylation sites (N-methyl/N-ethyl adjacent to an activating group) is 1. The topological polar surface area (TPSA) is 32.6 Å². The molecule has 3 heteroatoms. The van der Waals surface area contributed by atoms with Crippen molar-refractivity contribution in [3.63, 3.8) is 0 Å². The second kappa shape index (κ2) is 20.0. The summed E-state index contributed by atoms with van der Waals surface area (Å²) in [7, 11) is 0. The Morgan fingerprint density at radius 2 is 1.29 bits per heavy atom. The van der Waals surface area contributed by atoms with Gasteiger partial charge in [0.05, 0.1) is 19.4 Å². The summed E-state index contributed by atoms with van der Waals surface area (Å²) in [5.74, 6) is 0. The standard InChI is InChI=1S/C28H55N2O/c1-3-5-6-7-8-9-10-11-12-13-14-15-16-17-18-19-20-21-22-23-28-29-24-25-30(28,4-2)26-27-31/h3,5,24,28,31H,4,6-23,25-27H2,1-2H3/q+1/b5-3+. The average molecular weight is 436 g/mol. The zero-order chi connectivity index (χ0) is 22.5. The van der Waals surface area contributed by atoms with Crippen LogP contribution >= 0.6 is 0 Å². The Bertz CT molecular complexity index is 448. The minimum atomic E-state index is 0.283. The number of hydrogen-bond acceptors (Lipinski definition) is 2. The maximum atomic E-state index is 9.40. The van der Waals surface area contributed by atoms with Gasteiger partial charge in [-0.05, 0) is 33.1 Å². The Kier molecular flexibility index (Phi) is 18.3. The van der Waals surface area contributed by atoms with E-state index >= 15 is 0 Å². The van der Waals surface area contributed by atoms with E-state index in [1.807, 2.05) is 0 Å². The first-order chi connectivity index (χ1) is 15.3. The SMILES string of the molecule is C/C=C/CCCCCCCCCCCCCCCCCCC1N=CC[N+]1(CC)CCO.